The van der Waals surface area contributed by atoms with Crippen LogP contribution in [0.5, 0.6) is 0 Å². The molecule has 1 saturated carbocycles. The second-order valence-corrected chi connectivity index (χ2v) is 8.77. The molecular formula is C20H34N2O4. The topological polar surface area (TPSA) is 62.2 Å². The van der Waals surface area contributed by atoms with Crippen molar-refractivity contribution in [1.82, 2.24) is 9.80 Å². The molecule has 6 nitrogen and oxygen atoms in total. The molecule has 1 aliphatic carbocycles. The number of piperidine rings is 2. The Hall–Kier alpha value is -0.690. The number of ether oxygens (including phenoxy) is 2. The lowest BCUT2D eigenvalue weighted by molar-refractivity contribution is -0.191. The summed E-state index contributed by atoms with van der Waals surface area (Å²) in [5, 5.41) is 11.2. The third-order valence-corrected chi connectivity index (χ3v) is 6.82. The Morgan fingerprint density at radius 2 is 1.65 bits per heavy atom. The first-order valence-electron chi connectivity index (χ1n) is 10.6. The van der Waals surface area contributed by atoms with Gasteiger partial charge in [-0.15, -0.1) is 0 Å². The average Bonchev–Trinajstić information content (AvgIpc) is 3.11. The number of carbonyl (C=O) groups is 1. The fraction of sp³-hybridized carbons (Fsp3) is 0.950. The van der Waals surface area contributed by atoms with Gasteiger partial charge in [0.25, 0.3) is 5.91 Å². The Kier molecular flexibility index (Phi) is 5.56. The quantitative estimate of drug-likeness (QED) is 0.821. The molecule has 0 aromatic carbocycles. The van der Waals surface area contributed by atoms with Crippen molar-refractivity contribution in [3.05, 3.63) is 0 Å². The number of hydrogen-bond donors (Lipinski definition) is 1. The van der Waals surface area contributed by atoms with Crippen LogP contribution in [-0.2, 0) is 14.3 Å². The molecule has 6 heteroatoms. The van der Waals surface area contributed by atoms with E-state index in [1.807, 2.05) is 4.90 Å². The van der Waals surface area contributed by atoms with Crippen LogP contribution in [0.2, 0.25) is 0 Å². The lowest BCUT2D eigenvalue weighted by Gasteiger charge is -2.44. The molecule has 3 heterocycles. The highest BCUT2D eigenvalue weighted by atomic mass is 16.7. The maximum Gasteiger partial charge on any atom is 0.255 e. The van der Waals surface area contributed by atoms with E-state index in [1.54, 1.807) is 0 Å². The van der Waals surface area contributed by atoms with E-state index in [-0.39, 0.29) is 5.91 Å². The lowest BCUT2D eigenvalue weighted by atomic mass is 9.86. The average molecular weight is 367 g/mol. The third-order valence-electron chi connectivity index (χ3n) is 6.82. The van der Waals surface area contributed by atoms with E-state index < -0.39 is 11.4 Å². The zero-order valence-corrected chi connectivity index (χ0v) is 16.0. The molecule has 26 heavy (non-hydrogen) atoms. The summed E-state index contributed by atoms with van der Waals surface area (Å²) in [4.78, 5) is 17.2. The first-order valence-corrected chi connectivity index (χ1v) is 10.6. The molecule has 1 spiro atoms. The van der Waals surface area contributed by atoms with Crippen LogP contribution in [0.3, 0.4) is 0 Å². The van der Waals surface area contributed by atoms with Gasteiger partial charge in [-0.05, 0) is 31.6 Å². The summed E-state index contributed by atoms with van der Waals surface area (Å²) in [5.74, 6) is 0.187. The molecule has 0 aromatic heterocycles. The molecule has 0 radical (unpaired) electrons. The fourth-order valence-electron chi connectivity index (χ4n) is 5.27. The van der Waals surface area contributed by atoms with Gasteiger partial charge in [-0.1, -0.05) is 19.3 Å². The van der Waals surface area contributed by atoms with Crippen molar-refractivity contribution >= 4 is 5.91 Å². The summed E-state index contributed by atoms with van der Waals surface area (Å²) in [6, 6.07) is 0. The van der Waals surface area contributed by atoms with E-state index in [4.69, 9.17) is 9.47 Å². The molecule has 3 aliphatic heterocycles. The summed E-state index contributed by atoms with van der Waals surface area (Å²) in [7, 11) is 0. The maximum absolute atomic E-state index is 13.0. The van der Waals surface area contributed by atoms with Crippen molar-refractivity contribution in [2.45, 2.75) is 69.2 Å². The number of nitrogens with zero attached hydrogens (tertiary/aromatic N) is 2. The Morgan fingerprint density at radius 3 is 2.35 bits per heavy atom. The normalized spacial score (nSPS) is 33.9. The Morgan fingerprint density at radius 1 is 0.962 bits per heavy atom. The van der Waals surface area contributed by atoms with Gasteiger partial charge in [0.1, 0.15) is 0 Å². The minimum absolute atomic E-state index is 0.0389. The van der Waals surface area contributed by atoms with E-state index in [9.17, 15) is 9.90 Å². The lowest BCUT2D eigenvalue weighted by Crippen LogP contribution is -2.60. The zero-order valence-electron chi connectivity index (χ0n) is 16.0. The predicted molar refractivity (Wildman–Crippen MR) is 97.6 cm³/mol. The summed E-state index contributed by atoms with van der Waals surface area (Å²) in [6.45, 7) is 5.09. The predicted octanol–water partition coefficient (Wildman–Crippen LogP) is 1.76. The third kappa shape index (κ3) is 3.93. The highest BCUT2D eigenvalue weighted by Crippen LogP contribution is 2.33. The van der Waals surface area contributed by atoms with Crippen LogP contribution in [0, 0.1) is 5.92 Å². The fourth-order valence-corrected chi connectivity index (χ4v) is 5.27. The van der Waals surface area contributed by atoms with Crippen LogP contribution in [0.4, 0.5) is 0 Å². The van der Waals surface area contributed by atoms with E-state index in [1.165, 1.54) is 32.1 Å². The number of β-amino-alcohol motifs (C(OH)–C–C–N with tert-alkyl or cyclic N) is 1. The molecule has 1 atom stereocenters. The van der Waals surface area contributed by atoms with Crippen molar-refractivity contribution < 1.29 is 19.4 Å². The highest BCUT2D eigenvalue weighted by molar-refractivity contribution is 5.86. The highest BCUT2D eigenvalue weighted by Gasteiger charge is 2.46. The van der Waals surface area contributed by atoms with Gasteiger partial charge in [0.2, 0.25) is 0 Å². The minimum atomic E-state index is -1.21. The zero-order chi connectivity index (χ0) is 18.0. The van der Waals surface area contributed by atoms with Gasteiger partial charge < -0.3 is 19.5 Å². The monoisotopic (exact) mass is 366 g/mol. The Balaban J connectivity index is 1.32. The van der Waals surface area contributed by atoms with Crippen LogP contribution in [-0.4, -0.2) is 78.1 Å². The number of likely N-dealkylation sites (tertiary alicyclic amines) is 2. The van der Waals surface area contributed by atoms with Crippen LogP contribution in [0.25, 0.3) is 0 Å². The van der Waals surface area contributed by atoms with E-state index in [0.717, 1.165) is 45.4 Å². The van der Waals surface area contributed by atoms with E-state index >= 15 is 0 Å². The van der Waals surface area contributed by atoms with Crippen LogP contribution < -0.4 is 0 Å². The maximum atomic E-state index is 13.0. The second kappa shape index (κ2) is 7.74. The molecule has 4 fully saturated rings. The molecule has 4 aliphatic rings. The molecule has 0 unspecified atom stereocenters. The second-order valence-electron chi connectivity index (χ2n) is 8.77. The van der Waals surface area contributed by atoms with Crippen molar-refractivity contribution in [1.29, 1.82) is 0 Å². The first kappa shape index (κ1) is 18.7. The van der Waals surface area contributed by atoms with Crippen LogP contribution >= 0.6 is 0 Å². The minimum Gasteiger partial charge on any atom is -0.379 e. The van der Waals surface area contributed by atoms with Crippen LogP contribution in [0.1, 0.15) is 57.8 Å². The van der Waals surface area contributed by atoms with Gasteiger partial charge in [-0.25, -0.2) is 0 Å². The molecule has 1 N–H and O–H groups in total. The van der Waals surface area contributed by atoms with Gasteiger partial charge in [0, 0.05) is 45.6 Å². The van der Waals surface area contributed by atoms with Gasteiger partial charge in [-0.3, -0.25) is 9.69 Å². The SMILES string of the molecule is O=C1N(CC2CCCCC2)CCC[C@]1(O)CN1CCC2(CC1)OCCO2. The summed E-state index contributed by atoms with van der Waals surface area (Å²) in [5.41, 5.74) is -1.21. The van der Waals surface area contributed by atoms with E-state index in [2.05, 4.69) is 4.90 Å². The summed E-state index contributed by atoms with van der Waals surface area (Å²) >= 11 is 0. The molecule has 0 aromatic rings. The van der Waals surface area contributed by atoms with Gasteiger partial charge in [-0.2, -0.15) is 0 Å². The summed E-state index contributed by atoms with van der Waals surface area (Å²) < 4.78 is 11.6. The number of aliphatic hydroxyl groups is 1. The van der Waals surface area contributed by atoms with Gasteiger partial charge in [0.15, 0.2) is 11.4 Å². The number of amides is 1. The van der Waals surface area contributed by atoms with Crippen LogP contribution in [0.15, 0.2) is 0 Å². The van der Waals surface area contributed by atoms with Crippen molar-refractivity contribution in [3.8, 4) is 0 Å². The Bertz CT molecular complexity index is 492. The Labute approximate surface area is 156 Å². The van der Waals surface area contributed by atoms with Gasteiger partial charge >= 0.3 is 0 Å². The van der Waals surface area contributed by atoms with Gasteiger partial charge in [0.05, 0.1) is 13.2 Å². The molecule has 0 bridgehead atoms. The number of hydrogen-bond acceptors (Lipinski definition) is 5. The molecule has 3 saturated heterocycles. The first-order chi connectivity index (χ1) is 12.6. The van der Waals surface area contributed by atoms with Crippen molar-refractivity contribution in [2.75, 3.05) is 45.9 Å². The number of carbonyl (C=O) groups excluding carboxylic acids is 1. The van der Waals surface area contributed by atoms with E-state index in [0.29, 0.717) is 32.1 Å². The summed E-state index contributed by atoms with van der Waals surface area (Å²) in [6.07, 6.45) is 9.51. The number of rotatable bonds is 4. The smallest absolute Gasteiger partial charge is 0.255 e. The molecule has 148 valence electrons. The molecule has 4 rings (SSSR count). The standard InChI is InChI=1S/C20H34N2O4/c23-18-19(24,7-4-10-22(18)15-17-5-2-1-3-6-17)16-21-11-8-20(9-12-21)25-13-14-26-20/h17,24H,1-16H2/t19-/m0/s1. The molecule has 1 amide bonds. The largest absolute Gasteiger partial charge is 0.379 e. The van der Waals surface area contributed by atoms with Crippen molar-refractivity contribution in [3.63, 3.8) is 0 Å². The molecular weight excluding hydrogens is 332 g/mol. The van der Waals surface area contributed by atoms with Crippen molar-refractivity contribution in [2.24, 2.45) is 5.92 Å².